The number of hydrogen-bond acceptors (Lipinski definition) is 4. The van der Waals surface area contributed by atoms with Gasteiger partial charge in [0.05, 0.1) is 6.54 Å². The average Bonchev–Trinajstić information content (AvgIpc) is 3.21. The third-order valence-electron chi connectivity index (χ3n) is 5.78. The number of likely N-dealkylation sites (tertiary alicyclic amines) is 1. The molecule has 1 aromatic rings. The molecule has 0 bridgehead atoms. The van der Waals surface area contributed by atoms with E-state index in [1.165, 1.54) is 12.8 Å². The van der Waals surface area contributed by atoms with Crippen molar-refractivity contribution in [3.05, 3.63) is 23.9 Å². The highest BCUT2D eigenvalue weighted by Gasteiger charge is 2.22. The largest absolute Gasteiger partial charge is 0.474 e. The fraction of sp³-hybridized carbons (Fsp3) is 0.727. The van der Waals surface area contributed by atoms with E-state index in [0.717, 1.165) is 62.7 Å². The number of guanidine groups is 1. The maximum Gasteiger partial charge on any atom is 0.218 e. The van der Waals surface area contributed by atoms with Gasteiger partial charge in [-0.1, -0.05) is 6.07 Å². The van der Waals surface area contributed by atoms with Gasteiger partial charge in [-0.25, -0.2) is 9.98 Å². The number of aromatic nitrogens is 1. The molecule has 1 saturated carbocycles. The summed E-state index contributed by atoms with van der Waals surface area (Å²) in [6.45, 7) is 10.4. The maximum atomic E-state index is 6.16. The fourth-order valence-electron chi connectivity index (χ4n) is 4.05. The number of pyridine rings is 1. The first-order valence-corrected chi connectivity index (χ1v) is 11.0. The van der Waals surface area contributed by atoms with Gasteiger partial charge in [-0.15, -0.1) is 0 Å². The lowest BCUT2D eigenvalue weighted by molar-refractivity contribution is 0.167. The Balaban J connectivity index is 1.58. The lowest BCUT2D eigenvalue weighted by Gasteiger charge is -2.35. The molecule has 1 saturated heterocycles. The average molecular weight is 388 g/mol. The summed E-state index contributed by atoms with van der Waals surface area (Å²) in [4.78, 5) is 11.8. The number of hydrogen-bond donors (Lipinski definition) is 2. The summed E-state index contributed by atoms with van der Waals surface area (Å²) >= 11 is 0. The zero-order chi connectivity index (χ0) is 19.8. The molecule has 0 aromatic carbocycles. The Morgan fingerprint density at radius 3 is 2.68 bits per heavy atom. The van der Waals surface area contributed by atoms with E-state index < -0.39 is 0 Å². The van der Waals surface area contributed by atoms with E-state index in [1.54, 1.807) is 0 Å². The Hall–Kier alpha value is -1.82. The normalized spacial score (nSPS) is 19.9. The van der Waals surface area contributed by atoms with Crippen LogP contribution in [-0.4, -0.2) is 53.7 Å². The molecule has 0 radical (unpaired) electrons. The van der Waals surface area contributed by atoms with Crippen LogP contribution in [-0.2, 0) is 6.54 Å². The minimum absolute atomic E-state index is 0.315. The number of nitrogens with zero attached hydrogens (tertiary/aromatic N) is 3. The van der Waals surface area contributed by atoms with Crippen LogP contribution in [0.15, 0.2) is 23.3 Å². The van der Waals surface area contributed by atoms with E-state index in [0.29, 0.717) is 24.7 Å². The van der Waals surface area contributed by atoms with Crippen molar-refractivity contribution in [3.63, 3.8) is 0 Å². The van der Waals surface area contributed by atoms with Gasteiger partial charge in [0.25, 0.3) is 0 Å². The number of ether oxygens (including phenoxy) is 1. The van der Waals surface area contributed by atoms with Gasteiger partial charge in [0, 0.05) is 43.5 Å². The highest BCUT2D eigenvalue weighted by Crippen LogP contribution is 2.25. The molecule has 2 fully saturated rings. The van der Waals surface area contributed by atoms with Gasteiger partial charge in [-0.3, -0.25) is 0 Å². The molecule has 2 aliphatic rings. The molecule has 6 nitrogen and oxygen atoms in total. The van der Waals surface area contributed by atoms with Crippen molar-refractivity contribution in [1.29, 1.82) is 0 Å². The van der Waals surface area contributed by atoms with Crippen LogP contribution in [0.3, 0.4) is 0 Å². The molecular formula is C22H37N5O. The van der Waals surface area contributed by atoms with Crippen molar-refractivity contribution in [2.75, 3.05) is 19.6 Å². The standard InChI is InChI=1S/C22H37N5O/c1-4-23-22(26-19-11-14-27(15-12-19)17(2)3)25-16-18-8-7-13-24-21(18)28-20-9-5-6-10-20/h7-8,13,17,19-20H,4-6,9-12,14-16H2,1-3H3,(H2,23,25,26). The predicted molar refractivity (Wildman–Crippen MR) is 115 cm³/mol. The van der Waals surface area contributed by atoms with Crippen molar-refractivity contribution in [3.8, 4) is 5.88 Å². The van der Waals surface area contributed by atoms with Crippen molar-refractivity contribution in [2.45, 2.75) is 84.0 Å². The first-order chi connectivity index (χ1) is 13.7. The Labute approximate surface area is 170 Å². The second-order valence-corrected chi connectivity index (χ2v) is 8.24. The van der Waals surface area contributed by atoms with Crippen LogP contribution in [0.25, 0.3) is 0 Å². The molecule has 0 atom stereocenters. The lowest BCUT2D eigenvalue weighted by atomic mass is 10.0. The van der Waals surface area contributed by atoms with Gasteiger partial charge >= 0.3 is 0 Å². The van der Waals surface area contributed by atoms with E-state index in [4.69, 9.17) is 9.73 Å². The van der Waals surface area contributed by atoms with E-state index in [1.807, 2.05) is 12.3 Å². The topological polar surface area (TPSA) is 61.8 Å². The van der Waals surface area contributed by atoms with Crippen LogP contribution in [0, 0.1) is 0 Å². The molecule has 3 rings (SSSR count). The van der Waals surface area contributed by atoms with Gasteiger partial charge in [0.2, 0.25) is 5.88 Å². The highest BCUT2D eigenvalue weighted by molar-refractivity contribution is 5.80. The smallest absolute Gasteiger partial charge is 0.218 e. The molecule has 0 spiro atoms. The number of rotatable bonds is 7. The van der Waals surface area contributed by atoms with E-state index >= 15 is 0 Å². The van der Waals surface area contributed by atoms with Crippen LogP contribution in [0.5, 0.6) is 5.88 Å². The van der Waals surface area contributed by atoms with Gasteiger partial charge in [0.1, 0.15) is 6.10 Å². The quantitative estimate of drug-likeness (QED) is 0.555. The van der Waals surface area contributed by atoms with Crippen LogP contribution >= 0.6 is 0 Å². The molecule has 1 aliphatic heterocycles. The zero-order valence-electron chi connectivity index (χ0n) is 17.8. The number of nitrogens with one attached hydrogen (secondary N) is 2. The summed E-state index contributed by atoms with van der Waals surface area (Å²) in [5.74, 6) is 1.64. The molecule has 28 heavy (non-hydrogen) atoms. The monoisotopic (exact) mass is 387 g/mol. The second kappa shape index (κ2) is 10.6. The van der Waals surface area contributed by atoms with Crippen molar-refractivity contribution in [2.24, 2.45) is 4.99 Å². The van der Waals surface area contributed by atoms with E-state index in [-0.39, 0.29) is 0 Å². The van der Waals surface area contributed by atoms with Crippen LogP contribution in [0.1, 0.15) is 64.9 Å². The first-order valence-electron chi connectivity index (χ1n) is 11.0. The summed E-state index contributed by atoms with van der Waals surface area (Å²) in [6.07, 6.45) is 9.23. The molecule has 6 heteroatoms. The molecule has 1 aliphatic carbocycles. The third kappa shape index (κ3) is 6.09. The molecule has 2 heterocycles. The van der Waals surface area contributed by atoms with Crippen LogP contribution in [0.2, 0.25) is 0 Å². The van der Waals surface area contributed by atoms with Gasteiger partial charge < -0.3 is 20.3 Å². The number of aliphatic imine (C=N–C) groups is 1. The third-order valence-corrected chi connectivity index (χ3v) is 5.78. The molecule has 0 amide bonds. The lowest BCUT2D eigenvalue weighted by Crippen LogP contribution is -2.49. The Kier molecular flexibility index (Phi) is 7.95. The zero-order valence-corrected chi connectivity index (χ0v) is 17.8. The molecule has 156 valence electrons. The minimum Gasteiger partial charge on any atom is -0.474 e. The highest BCUT2D eigenvalue weighted by atomic mass is 16.5. The molecule has 1 aromatic heterocycles. The van der Waals surface area contributed by atoms with Gasteiger partial charge in [-0.05, 0) is 65.4 Å². The first kappa shape index (κ1) is 20.9. The predicted octanol–water partition coefficient (Wildman–Crippen LogP) is 3.33. The maximum absolute atomic E-state index is 6.16. The number of piperidine rings is 1. The SMILES string of the molecule is CCNC(=NCc1cccnc1OC1CCCC1)NC1CCN(C(C)C)CC1. The summed E-state index contributed by atoms with van der Waals surface area (Å²) in [6, 6.07) is 5.16. The Bertz CT molecular complexity index is 619. The van der Waals surface area contributed by atoms with Gasteiger partial charge in [0.15, 0.2) is 5.96 Å². The molecule has 2 N–H and O–H groups in total. The van der Waals surface area contributed by atoms with E-state index in [2.05, 4.69) is 47.4 Å². The van der Waals surface area contributed by atoms with Crippen molar-refractivity contribution < 1.29 is 4.74 Å². The van der Waals surface area contributed by atoms with Crippen molar-refractivity contribution >= 4 is 5.96 Å². The Morgan fingerprint density at radius 1 is 1.25 bits per heavy atom. The summed E-state index contributed by atoms with van der Waals surface area (Å²) in [7, 11) is 0. The fourth-order valence-corrected chi connectivity index (χ4v) is 4.05. The summed E-state index contributed by atoms with van der Waals surface area (Å²) in [5, 5.41) is 7.02. The van der Waals surface area contributed by atoms with Crippen LogP contribution in [0.4, 0.5) is 0 Å². The van der Waals surface area contributed by atoms with Gasteiger partial charge in [-0.2, -0.15) is 0 Å². The Morgan fingerprint density at radius 2 is 2.00 bits per heavy atom. The van der Waals surface area contributed by atoms with E-state index in [9.17, 15) is 0 Å². The van der Waals surface area contributed by atoms with Crippen molar-refractivity contribution in [1.82, 2.24) is 20.5 Å². The second-order valence-electron chi connectivity index (χ2n) is 8.24. The molecular weight excluding hydrogens is 350 g/mol. The molecule has 0 unspecified atom stereocenters. The summed E-state index contributed by atoms with van der Waals surface area (Å²) < 4.78 is 6.16. The minimum atomic E-state index is 0.315. The van der Waals surface area contributed by atoms with Crippen LogP contribution < -0.4 is 15.4 Å². The summed E-state index contributed by atoms with van der Waals surface area (Å²) in [5.41, 5.74) is 1.06.